The highest BCUT2D eigenvalue weighted by molar-refractivity contribution is 6.05. The lowest BCUT2D eigenvalue weighted by atomic mass is 10.1. The van der Waals surface area contributed by atoms with Crippen molar-refractivity contribution in [1.82, 2.24) is 0 Å². The maximum absolute atomic E-state index is 12.0. The van der Waals surface area contributed by atoms with Crippen LogP contribution >= 0.6 is 0 Å². The number of amides is 1. The second-order valence-corrected chi connectivity index (χ2v) is 4.33. The summed E-state index contributed by atoms with van der Waals surface area (Å²) < 4.78 is 0. The van der Waals surface area contributed by atoms with Crippen LogP contribution in [0.25, 0.3) is 0 Å². The maximum atomic E-state index is 12.0. The van der Waals surface area contributed by atoms with E-state index in [0.29, 0.717) is 17.8 Å². The molecule has 3 N–H and O–H groups in total. The third-order valence-electron chi connectivity index (χ3n) is 2.50. The van der Waals surface area contributed by atoms with Crippen molar-refractivity contribution in [3.05, 3.63) is 47.6 Å². The van der Waals surface area contributed by atoms with Crippen LogP contribution in [0, 0.1) is 0 Å². The van der Waals surface area contributed by atoms with Gasteiger partial charge in [0.15, 0.2) is 0 Å². The molecule has 3 nitrogen and oxygen atoms in total. The first-order chi connectivity index (χ1) is 10.5. The highest BCUT2D eigenvalue weighted by Crippen LogP contribution is 2.18. The number of allylic oxidation sites excluding steroid dienone is 3. The number of nitrogens with one attached hydrogen (secondary N) is 1. The fourth-order valence-corrected chi connectivity index (χ4v) is 1.43. The van der Waals surface area contributed by atoms with Crippen molar-refractivity contribution in [2.75, 3.05) is 11.1 Å². The molecule has 0 aliphatic carbocycles. The van der Waals surface area contributed by atoms with Crippen molar-refractivity contribution in [3.8, 4) is 0 Å². The summed E-state index contributed by atoms with van der Waals surface area (Å²) in [7, 11) is 0. The number of hydrogen-bond acceptors (Lipinski definition) is 2. The molecule has 0 bridgehead atoms. The number of rotatable bonds is 4. The highest BCUT2D eigenvalue weighted by atomic mass is 16.1. The number of benzene rings is 1. The molecule has 0 spiro atoms. The molecule has 1 aromatic carbocycles. The Balaban J connectivity index is 0. The Morgan fingerprint density at radius 3 is 2.09 bits per heavy atom. The molecule has 1 amide bonds. The first kappa shape index (κ1) is 22.3. The Kier molecular flexibility index (Phi) is 14.1. The summed E-state index contributed by atoms with van der Waals surface area (Å²) in [6.45, 7) is 14.0. The molecular weight excluding hydrogens is 272 g/mol. The van der Waals surface area contributed by atoms with Crippen molar-refractivity contribution in [1.29, 1.82) is 0 Å². The smallest absolute Gasteiger partial charge is 0.251 e. The van der Waals surface area contributed by atoms with E-state index in [1.54, 1.807) is 12.1 Å². The highest BCUT2D eigenvalue weighted by Gasteiger charge is 2.08. The van der Waals surface area contributed by atoms with Gasteiger partial charge < -0.3 is 11.1 Å². The van der Waals surface area contributed by atoms with E-state index in [1.807, 2.05) is 72.8 Å². The minimum absolute atomic E-state index is 0.104. The molecule has 0 heterocycles. The number of nitrogen functional groups attached to an aromatic ring is 1. The quantitative estimate of drug-likeness (QED) is 0.434. The van der Waals surface area contributed by atoms with Crippen LogP contribution in [0.3, 0.4) is 0 Å². The lowest BCUT2D eigenvalue weighted by molar-refractivity contribution is -0.112. The summed E-state index contributed by atoms with van der Waals surface area (Å²) in [5.41, 5.74) is 8.91. The third kappa shape index (κ3) is 9.01. The van der Waals surface area contributed by atoms with Gasteiger partial charge in [-0.3, -0.25) is 4.79 Å². The van der Waals surface area contributed by atoms with E-state index in [0.717, 1.165) is 11.1 Å². The van der Waals surface area contributed by atoms with E-state index in [-0.39, 0.29) is 5.91 Å². The van der Waals surface area contributed by atoms with E-state index >= 15 is 0 Å². The van der Waals surface area contributed by atoms with Crippen molar-refractivity contribution in [2.24, 2.45) is 0 Å². The molecule has 0 radical (unpaired) electrons. The van der Waals surface area contributed by atoms with Gasteiger partial charge in [-0.2, -0.15) is 0 Å². The molecule has 124 valence electrons. The molecule has 0 saturated carbocycles. The van der Waals surface area contributed by atoms with Crippen LogP contribution in [0.15, 0.2) is 47.6 Å². The number of carbonyl (C=O) groups is 1. The predicted molar refractivity (Wildman–Crippen MR) is 100.0 cm³/mol. The van der Waals surface area contributed by atoms with Crippen LogP contribution in [0.5, 0.6) is 0 Å². The number of carbonyl (C=O) groups excluding carboxylic acids is 1. The Bertz CT molecular complexity index is 484. The zero-order valence-corrected chi connectivity index (χ0v) is 15.2. The van der Waals surface area contributed by atoms with Gasteiger partial charge in [0, 0.05) is 5.57 Å². The molecule has 0 unspecified atom stereocenters. The molecule has 0 aliphatic heterocycles. The topological polar surface area (TPSA) is 55.1 Å². The average molecular weight is 304 g/mol. The summed E-state index contributed by atoms with van der Waals surface area (Å²) >= 11 is 0. The van der Waals surface area contributed by atoms with Crippen molar-refractivity contribution >= 4 is 17.3 Å². The Hall–Kier alpha value is -2.03. The van der Waals surface area contributed by atoms with Crippen molar-refractivity contribution < 1.29 is 4.79 Å². The van der Waals surface area contributed by atoms with Gasteiger partial charge in [-0.15, -0.1) is 0 Å². The van der Waals surface area contributed by atoms with Gasteiger partial charge in [0.1, 0.15) is 0 Å². The maximum Gasteiger partial charge on any atom is 0.251 e. The number of nitrogens with two attached hydrogens (primary N) is 1. The summed E-state index contributed by atoms with van der Waals surface area (Å²) in [6.07, 6.45) is 4.47. The molecule has 3 heteroatoms. The van der Waals surface area contributed by atoms with E-state index in [4.69, 9.17) is 5.73 Å². The van der Waals surface area contributed by atoms with E-state index in [9.17, 15) is 4.79 Å². The third-order valence-corrected chi connectivity index (χ3v) is 2.50. The standard InChI is InChI=1S/C15H20N2O.2C2H6/c1-4-12(10-9-11(2)3)15(18)17-14-8-6-5-7-13(14)16;2*1-2/h5-10H,4,16H2,1-3H3,(H,17,18);2*1-2H3/b12-10+;;. The van der Waals surface area contributed by atoms with E-state index in [2.05, 4.69) is 5.32 Å². The second kappa shape index (κ2) is 13.9. The molecule has 0 fully saturated rings. The zero-order chi connectivity index (χ0) is 17.5. The number of hydrogen-bond donors (Lipinski definition) is 2. The first-order valence-corrected chi connectivity index (χ1v) is 8.04. The molecule has 0 atom stereocenters. The number of para-hydroxylation sites is 2. The minimum Gasteiger partial charge on any atom is -0.397 e. The van der Waals surface area contributed by atoms with Gasteiger partial charge in [-0.1, -0.05) is 64.5 Å². The zero-order valence-electron chi connectivity index (χ0n) is 15.2. The molecule has 1 rings (SSSR count). The summed E-state index contributed by atoms with van der Waals surface area (Å²) in [5.74, 6) is -0.104. The fourth-order valence-electron chi connectivity index (χ4n) is 1.43. The average Bonchev–Trinajstić information content (AvgIpc) is 2.54. The first-order valence-electron chi connectivity index (χ1n) is 8.04. The lowest BCUT2D eigenvalue weighted by Crippen LogP contribution is -2.15. The Morgan fingerprint density at radius 1 is 1.09 bits per heavy atom. The predicted octanol–water partition coefficient (Wildman–Crippen LogP) is 5.56. The van der Waals surface area contributed by atoms with Gasteiger partial charge in [0.05, 0.1) is 11.4 Å². The van der Waals surface area contributed by atoms with E-state index in [1.165, 1.54) is 0 Å². The lowest BCUT2D eigenvalue weighted by Gasteiger charge is -2.09. The molecule has 0 saturated heterocycles. The fraction of sp³-hybridized carbons (Fsp3) is 0.421. The molecule has 22 heavy (non-hydrogen) atoms. The van der Waals surface area contributed by atoms with Crippen LogP contribution in [0.2, 0.25) is 0 Å². The summed E-state index contributed by atoms with van der Waals surface area (Å²) in [6, 6.07) is 7.24. The van der Waals surface area contributed by atoms with Gasteiger partial charge >= 0.3 is 0 Å². The van der Waals surface area contributed by atoms with Crippen molar-refractivity contribution in [2.45, 2.75) is 54.9 Å². The van der Waals surface area contributed by atoms with Crippen molar-refractivity contribution in [3.63, 3.8) is 0 Å². The normalized spacial score (nSPS) is 9.50. The SMILES string of the molecule is CC.CC.CC/C(=C\C=C(C)C)C(=O)Nc1ccccc1N. The summed E-state index contributed by atoms with van der Waals surface area (Å²) in [5, 5.41) is 2.82. The molecule has 0 aliphatic rings. The van der Waals surface area contributed by atoms with Crippen LogP contribution in [-0.4, -0.2) is 5.91 Å². The monoisotopic (exact) mass is 304 g/mol. The molecule has 0 aromatic heterocycles. The van der Waals surface area contributed by atoms with Gasteiger partial charge in [-0.05, 0) is 32.4 Å². The Labute approximate surface area is 136 Å². The van der Waals surface area contributed by atoms with Gasteiger partial charge in [-0.25, -0.2) is 0 Å². The van der Waals surface area contributed by atoms with Gasteiger partial charge in [0.2, 0.25) is 0 Å². The Morgan fingerprint density at radius 2 is 1.64 bits per heavy atom. The second-order valence-electron chi connectivity index (χ2n) is 4.33. The van der Waals surface area contributed by atoms with Crippen LogP contribution in [0.1, 0.15) is 54.9 Å². The van der Waals surface area contributed by atoms with Crippen LogP contribution in [-0.2, 0) is 4.79 Å². The largest absolute Gasteiger partial charge is 0.397 e. The van der Waals surface area contributed by atoms with Gasteiger partial charge in [0.25, 0.3) is 5.91 Å². The summed E-state index contributed by atoms with van der Waals surface area (Å²) in [4.78, 5) is 12.0. The molecule has 1 aromatic rings. The van der Waals surface area contributed by atoms with E-state index < -0.39 is 0 Å². The molecular formula is C19H32N2O. The number of anilines is 2. The van der Waals surface area contributed by atoms with Crippen LogP contribution < -0.4 is 11.1 Å². The van der Waals surface area contributed by atoms with Crippen LogP contribution in [0.4, 0.5) is 11.4 Å². The minimum atomic E-state index is -0.104.